The van der Waals surface area contributed by atoms with Crippen molar-refractivity contribution in [2.24, 2.45) is 0 Å². The molecule has 9 nitrogen and oxygen atoms in total. The van der Waals surface area contributed by atoms with Gasteiger partial charge in [0.1, 0.15) is 30.5 Å². The highest BCUT2D eigenvalue weighted by Crippen LogP contribution is 2.23. The summed E-state index contributed by atoms with van der Waals surface area (Å²) >= 11 is 0. The number of aliphatic hydroxyl groups excluding tert-OH is 4. The molecule has 0 aromatic heterocycles. The van der Waals surface area contributed by atoms with Gasteiger partial charge in [-0.3, -0.25) is 4.79 Å². The van der Waals surface area contributed by atoms with E-state index in [2.05, 4.69) is 62.5 Å². The molecule has 1 fully saturated rings. The Labute approximate surface area is 380 Å². The molecular weight excluding hydrogens is 781 g/mol. The number of carbonyl (C=O) groups is 1. The van der Waals surface area contributed by atoms with Crippen LogP contribution in [0, 0.1) is 0 Å². The van der Waals surface area contributed by atoms with Gasteiger partial charge in [0.05, 0.1) is 19.8 Å². The van der Waals surface area contributed by atoms with Crippen LogP contribution in [0.2, 0.25) is 0 Å². The number of ether oxygens (including phenoxy) is 4. The van der Waals surface area contributed by atoms with Gasteiger partial charge in [0, 0.05) is 13.0 Å². The van der Waals surface area contributed by atoms with Gasteiger partial charge in [-0.25, -0.2) is 0 Å². The molecule has 0 bridgehead atoms. The topological polar surface area (TPSA) is 135 Å². The van der Waals surface area contributed by atoms with Gasteiger partial charge in [0.15, 0.2) is 6.29 Å². The molecule has 6 atom stereocenters. The Bertz CT molecular complexity index is 1090. The zero-order valence-corrected chi connectivity index (χ0v) is 39.9. The molecule has 9 heteroatoms. The fourth-order valence-electron chi connectivity index (χ4n) is 7.78. The minimum absolute atomic E-state index is 0.129. The van der Waals surface area contributed by atoms with E-state index in [4.69, 9.17) is 18.9 Å². The Morgan fingerprint density at radius 1 is 0.532 bits per heavy atom. The molecule has 1 aliphatic rings. The van der Waals surface area contributed by atoms with Crippen LogP contribution in [0.4, 0.5) is 0 Å². The molecule has 0 radical (unpaired) electrons. The van der Waals surface area contributed by atoms with E-state index in [1.54, 1.807) is 0 Å². The average molecular weight is 877 g/mol. The fraction of sp³-hybridized carbons (Fsp3) is 0.830. The second-order valence-electron chi connectivity index (χ2n) is 17.6. The van der Waals surface area contributed by atoms with Gasteiger partial charge < -0.3 is 39.4 Å². The number of hydrogen-bond donors (Lipinski definition) is 4. The first-order valence-corrected chi connectivity index (χ1v) is 25.7. The summed E-state index contributed by atoms with van der Waals surface area (Å²) in [5, 5.41) is 40.2. The Kier molecular flexibility index (Phi) is 41.6. The van der Waals surface area contributed by atoms with Crippen LogP contribution in [0.15, 0.2) is 48.6 Å². The van der Waals surface area contributed by atoms with E-state index in [9.17, 15) is 25.2 Å². The summed E-state index contributed by atoms with van der Waals surface area (Å²) < 4.78 is 22.8. The van der Waals surface area contributed by atoms with Crippen molar-refractivity contribution in [3.63, 3.8) is 0 Å². The normalized spacial score (nSPS) is 20.1. The lowest BCUT2D eigenvalue weighted by Gasteiger charge is -2.39. The highest BCUT2D eigenvalue weighted by atomic mass is 16.7. The third kappa shape index (κ3) is 34.5. The second-order valence-corrected chi connectivity index (χ2v) is 17.6. The van der Waals surface area contributed by atoms with Crippen LogP contribution in [0.25, 0.3) is 0 Å². The first-order chi connectivity index (χ1) is 30.4. The first-order valence-electron chi connectivity index (χ1n) is 25.7. The van der Waals surface area contributed by atoms with Crippen molar-refractivity contribution >= 4 is 5.97 Å². The van der Waals surface area contributed by atoms with Crippen molar-refractivity contribution < 1.29 is 44.2 Å². The third-order valence-corrected chi connectivity index (χ3v) is 11.8. The number of esters is 1. The molecule has 1 aliphatic heterocycles. The van der Waals surface area contributed by atoms with E-state index in [1.807, 2.05) is 0 Å². The molecule has 0 aromatic rings. The number of hydrogen-bond acceptors (Lipinski definition) is 9. The standard InChI is InChI=1S/C53H96O9/c1-3-5-7-9-11-13-15-17-19-20-21-22-23-24-25-26-27-29-31-33-35-37-39-41-43-59-45-47(46-60-53-52(58)51(57)50(56)48(44-54)62-53)61-49(55)42-40-38-36-34-32-30-28-18-16-14-12-10-8-6-4-2/h6,8,12,14,18,28,32,34,47-48,50-54,56-58H,3-5,7,9-11,13,15-17,19-27,29-31,33,35-46H2,1-2H3/b8-6-,14-12-,28-18-,34-32-. The van der Waals surface area contributed by atoms with Gasteiger partial charge in [-0.05, 0) is 51.4 Å². The largest absolute Gasteiger partial charge is 0.457 e. The van der Waals surface area contributed by atoms with E-state index in [0.717, 1.165) is 51.4 Å². The predicted molar refractivity (Wildman–Crippen MR) is 256 cm³/mol. The molecule has 1 saturated heterocycles. The summed E-state index contributed by atoms with van der Waals surface area (Å²) in [6.45, 7) is 4.42. The van der Waals surface area contributed by atoms with Gasteiger partial charge in [0.25, 0.3) is 0 Å². The highest BCUT2D eigenvalue weighted by Gasteiger charge is 2.44. The van der Waals surface area contributed by atoms with E-state index < -0.39 is 43.4 Å². The Balaban J connectivity index is 2.18. The Hall–Kier alpha value is -1.85. The van der Waals surface area contributed by atoms with Crippen molar-refractivity contribution in [1.29, 1.82) is 0 Å². The zero-order chi connectivity index (χ0) is 45.0. The third-order valence-electron chi connectivity index (χ3n) is 11.8. The quantitative estimate of drug-likeness (QED) is 0.0268. The van der Waals surface area contributed by atoms with E-state index in [0.29, 0.717) is 13.0 Å². The molecule has 362 valence electrons. The van der Waals surface area contributed by atoms with Gasteiger partial charge in [-0.1, -0.05) is 210 Å². The average Bonchev–Trinajstić information content (AvgIpc) is 3.27. The van der Waals surface area contributed by atoms with Crippen LogP contribution in [0.5, 0.6) is 0 Å². The second kappa shape index (κ2) is 44.4. The van der Waals surface area contributed by atoms with E-state index in [1.165, 1.54) is 141 Å². The summed E-state index contributed by atoms with van der Waals surface area (Å²) in [6, 6.07) is 0. The molecule has 4 N–H and O–H groups in total. The molecular formula is C53H96O9. The van der Waals surface area contributed by atoms with Crippen LogP contribution in [-0.4, -0.2) is 89.6 Å². The molecule has 0 spiro atoms. The summed E-state index contributed by atoms with van der Waals surface area (Å²) in [4.78, 5) is 12.8. The summed E-state index contributed by atoms with van der Waals surface area (Å²) in [6.07, 6.45) is 48.8. The van der Waals surface area contributed by atoms with Crippen LogP contribution < -0.4 is 0 Å². The smallest absolute Gasteiger partial charge is 0.306 e. The number of carbonyl (C=O) groups excluding carboxylic acids is 1. The SMILES string of the molecule is CC/C=C\C/C=C\C/C=C\C/C=C\CCCCC(=O)OC(COCCCCCCCCCCCCCCCCCCCCCCCCCC)COC1OC(CO)C(O)C(O)C1O. The van der Waals surface area contributed by atoms with Crippen molar-refractivity contribution in [2.75, 3.05) is 26.4 Å². The number of aliphatic hydroxyl groups is 4. The minimum Gasteiger partial charge on any atom is -0.457 e. The molecule has 1 heterocycles. The van der Waals surface area contributed by atoms with Crippen molar-refractivity contribution in [3.8, 4) is 0 Å². The van der Waals surface area contributed by atoms with Crippen molar-refractivity contribution in [1.82, 2.24) is 0 Å². The van der Waals surface area contributed by atoms with E-state index in [-0.39, 0.29) is 25.6 Å². The van der Waals surface area contributed by atoms with Crippen molar-refractivity contribution in [2.45, 2.75) is 256 Å². The Morgan fingerprint density at radius 3 is 1.45 bits per heavy atom. The first kappa shape index (κ1) is 58.2. The molecule has 0 amide bonds. The van der Waals surface area contributed by atoms with Crippen LogP contribution in [-0.2, 0) is 23.7 Å². The maximum absolute atomic E-state index is 12.8. The van der Waals surface area contributed by atoms with Gasteiger partial charge in [0.2, 0.25) is 0 Å². The molecule has 1 rings (SSSR count). The monoisotopic (exact) mass is 877 g/mol. The molecule has 0 saturated carbocycles. The number of unbranched alkanes of at least 4 members (excludes halogenated alkanes) is 25. The van der Waals surface area contributed by atoms with Crippen LogP contribution in [0.1, 0.15) is 219 Å². The lowest BCUT2D eigenvalue weighted by Crippen LogP contribution is -2.59. The summed E-state index contributed by atoms with van der Waals surface area (Å²) in [7, 11) is 0. The molecule has 0 aromatic carbocycles. The van der Waals surface area contributed by atoms with E-state index >= 15 is 0 Å². The maximum atomic E-state index is 12.8. The summed E-state index contributed by atoms with van der Waals surface area (Å²) in [5.41, 5.74) is 0. The Morgan fingerprint density at radius 2 is 0.984 bits per heavy atom. The van der Waals surface area contributed by atoms with Crippen molar-refractivity contribution in [3.05, 3.63) is 48.6 Å². The lowest BCUT2D eigenvalue weighted by molar-refractivity contribution is -0.305. The van der Waals surface area contributed by atoms with Gasteiger partial charge >= 0.3 is 5.97 Å². The van der Waals surface area contributed by atoms with Gasteiger partial charge in [-0.15, -0.1) is 0 Å². The minimum atomic E-state index is -1.54. The van der Waals surface area contributed by atoms with Crippen LogP contribution >= 0.6 is 0 Å². The summed E-state index contributed by atoms with van der Waals surface area (Å²) in [5.74, 6) is -0.351. The highest BCUT2D eigenvalue weighted by molar-refractivity contribution is 5.69. The number of rotatable bonds is 44. The lowest BCUT2D eigenvalue weighted by atomic mass is 9.99. The van der Waals surface area contributed by atoms with Gasteiger partial charge in [-0.2, -0.15) is 0 Å². The zero-order valence-electron chi connectivity index (χ0n) is 39.9. The molecule has 0 aliphatic carbocycles. The number of allylic oxidation sites excluding steroid dienone is 8. The fourth-order valence-corrected chi connectivity index (χ4v) is 7.78. The molecule has 6 unspecified atom stereocenters. The predicted octanol–water partition coefficient (Wildman–Crippen LogP) is 12.5. The molecule has 62 heavy (non-hydrogen) atoms. The van der Waals surface area contributed by atoms with Crippen LogP contribution in [0.3, 0.4) is 0 Å². The maximum Gasteiger partial charge on any atom is 0.306 e.